The maximum Gasteiger partial charge on any atom is 0.332 e. The lowest BCUT2D eigenvalue weighted by Crippen LogP contribution is -2.48. The average molecular weight is 347 g/mol. The van der Waals surface area contributed by atoms with Crippen molar-refractivity contribution in [1.29, 1.82) is 0 Å². The maximum absolute atomic E-state index is 12.4. The summed E-state index contributed by atoms with van der Waals surface area (Å²) in [7, 11) is 0. The fourth-order valence-corrected chi connectivity index (χ4v) is 3.70. The van der Waals surface area contributed by atoms with Gasteiger partial charge in [-0.25, -0.2) is 4.79 Å². The van der Waals surface area contributed by atoms with E-state index in [9.17, 15) is 9.59 Å². The second-order valence-corrected chi connectivity index (χ2v) is 6.45. The van der Waals surface area contributed by atoms with Gasteiger partial charge in [-0.2, -0.15) is 0 Å². The topological polar surface area (TPSA) is 55.8 Å². The summed E-state index contributed by atoms with van der Waals surface area (Å²) in [6.07, 6.45) is 1.62. The van der Waals surface area contributed by atoms with E-state index in [0.717, 1.165) is 11.3 Å². The lowest BCUT2D eigenvalue weighted by Gasteiger charge is -2.28. The Balaban J connectivity index is 0.00000109. The number of esters is 1. The molecular formula is C20H29NO4. The molecule has 2 atom stereocenters. The summed E-state index contributed by atoms with van der Waals surface area (Å²) < 4.78 is 11.1. The van der Waals surface area contributed by atoms with Gasteiger partial charge in [-0.1, -0.05) is 26.0 Å². The highest BCUT2D eigenvalue weighted by Crippen LogP contribution is 2.43. The number of carbonyl (C=O) groups is 2. The van der Waals surface area contributed by atoms with E-state index in [-0.39, 0.29) is 17.8 Å². The molecule has 0 aliphatic carbocycles. The van der Waals surface area contributed by atoms with Gasteiger partial charge in [0.2, 0.25) is 5.91 Å². The van der Waals surface area contributed by atoms with Crippen molar-refractivity contribution in [2.45, 2.75) is 52.5 Å². The van der Waals surface area contributed by atoms with Gasteiger partial charge < -0.3 is 14.4 Å². The van der Waals surface area contributed by atoms with Crippen LogP contribution in [-0.4, -0.2) is 42.1 Å². The summed E-state index contributed by atoms with van der Waals surface area (Å²) in [5.41, 5.74) is 0.390. The second-order valence-electron chi connectivity index (χ2n) is 6.45. The Labute approximate surface area is 150 Å². The minimum atomic E-state index is -0.756. The van der Waals surface area contributed by atoms with Crippen LogP contribution in [-0.2, 0) is 14.3 Å². The summed E-state index contributed by atoms with van der Waals surface area (Å²) in [5, 5.41) is 0. The van der Waals surface area contributed by atoms with Gasteiger partial charge in [0.1, 0.15) is 11.3 Å². The third kappa shape index (κ3) is 3.97. The SMILES string of the molecule is CC.CCOC(=O)C12CCC(=O)N1CC(COc1cccc(C)c1)C2. The highest BCUT2D eigenvalue weighted by molar-refractivity contribution is 5.92. The Morgan fingerprint density at radius 3 is 2.80 bits per heavy atom. The average Bonchev–Trinajstić information content (AvgIpc) is 3.13. The molecule has 2 unspecified atom stereocenters. The number of carbonyl (C=O) groups excluding carboxylic acids is 2. The van der Waals surface area contributed by atoms with E-state index >= 15 is 0 Å². The zero-order valence-electron chi connectivity index (χ0n) is 15.7. The number of rotatable bonds is 5. The van der Waals surface area contributed by atoms with Crippen molar-refractivity contribution in [2.24, 2.45) is 5.92 Å². The third-order valence-corrected chi connectivity index (χ3v) is 4.77. The van der Waals surface area contributed by atoms with Crippen LogP contribution in [0.2, 0.25) is 0 Å². The van der Waals surface area contributed by atoms with Gasteiger partial charge in [0.15, 0.2) is 0 Å². The lowest BCUT2D eigenvalue weighted by atomic mass is 9.90. The van der Waals surface area contributed by atoms with E-state index in [0.29, 0.717) is 39.0 Å². The Bertz CT molecular complexity index is 615. The van der Waals surface area contributed by atoms with Gasteiger partial charge in [0.05, 0.1) is 13.2 Å². The molecule has 0 aromatic heterocycles. The number of hydrogen-bond acceptors (Lipinski definition) is 4. The molecule has 5 nitrogen and oxygen atoms in total. The van der Waals surface area contributed by atoms with E-state index in [4.69, 9.17) is 9.47 Å². The molecule has 1 aromatic rings. The fraction of sp³-hybridized carbons (Fsp3) is 0.600. The zero-order valence-corrected chi connectivity index (χ0v) is 15.7. The third-order valence-electron chi connectivity index (χ3n) is 4.77. The smallest absolute Gasteiger partial charge is 0.332 e. The first-order valence-electron chi connectivity index (χ1n) is 9.22. The van der Waals surface area contributed by atoms with Crippen LogP contribution in [0.25, 0.3) is 0 Å². The van der Waals surface area contributed by atoms with E-state index in [2.05, 4.69) is 0 Å². The molecule has 25 heavy (non-hydrogen) atoms. The number of amides is 1. The molecule has 138 valence electrons. The molecule has 0 N–H and O–H groups in total. The predicted molar refractivity (Wildman–Crippen MR) is 96.4 cm³/mol. The number of fused-ring (bicyclic) bond motifs is 1. The van der Waals surface area contributed by atoms with Crippen molar-refractivity contribution >= 4 is 11.9 Å². The summed E-state index contributed by atoms with van der Waals surface area (Å²) in [6, 6.07) is 7.89. The molecular weight excluding hydrogens is 318 g/mol. The monoisotopic (exact) mass is 347 g/mol. The van der Waals surface area contributed by atoms with E-state index < -0.39 is 5.54 Å². The van der Waals surface area contributed by atoms with E-state index in [1.165, 1.54) is 0 Å². The molecule has 2 aliphatic rings. The van der Waals surface area contributed by atoms with Gasteiger partial charge in [-0.15, -0.1) is 0 Å². The Morgan fingerprint density at radius 1 is 1.36 bits per heavy atom. The second kappa shape index (κ2) is 8.37. The van der Waals surface area contributed by atoms with Gasteiger partial charge in [-0.3, -0.25) is 4.79 Å². The number of aryl methyl sites for hydroxylation is 1. The summed E-state index contributed by atoms with van der Waals surface area (Å²) in [6.45, 7) is 9.24. The first-order chi connectivity index (χ1) is 12.0. The number of hydrogen-bond donors (Lipinski definition) is 0. The normalized spacial score (nSPS) is 24.4. The molecule has 1 aromatic carbocycles. The maximum atomic E-state index is 12.4. The molecule has 2 saturated heterocycles. The standard InChI is InChI=1S/C18H23NO4.C2H6/c1-3-22-17(21)18-8-7-16(20)19(18)11-14(10-18)12-23-15-6-4-5-13(2)9-15;1-2/h4-6,9,14H,3,7-8,10-12H2,1-2H3;1-2H3. The van der Waals surface area contributed by atoms with Crippen LogP contribution in [0.5, 0.6) is 5.75 Å². The van der Waals surface area contributed by atoms with Crippen LogP contribution in [0.4, 0.5) is 0 Å². The highest BCUT2D eigenvalue weighted by Gasteiger charge is 2.57. The number of nitrogens with zero attached hydrogens (tertiary/aromatic N) is 1. The van der Waals surface area contributed by atoms with Crippen LogP contribution in [0.15, 0.2) is 24.3 Å². The summed E-state index contributed by atoms with van der Waals surface area (Å²) in [5.74, 6) is 0.776. The number of ether oxygens (including phenoxy) is 2. The molecule has 0 bridgehead atoms. The van der Waals surface area contributed by atoms with Gasteiger partial charge >= 0.3 is 5.97 Å². The summed E-state index contributed by atoms with van der Waals surface area (Å²) >= 11 is 0. The molecule has 2 heterocycles. The quantitative estimate of drug-likeness (QED) is 0.767. The Morgan fingerprint density at radius 2 is 2.12 bits per heavy atom. The number of benzene rings is 1. The fourth-order valence-electron chi connectivity index (χ4n) is 3.70. The first-order valence-corrected chi connectivity index (χ1v) is 9.22. The Hall–Kier alpha value is -2.04. The molecule has 5 heteroatoms. The minimum absolute atomic E-state index is 0.0520. The van der Waals surface area contributed by atoms with Gasteiger partial charge in [-0.05, 0) is 44.4 Å². The molecule has 0 radical (unpaired) electrons. The molecule has 2 aliphatic heterocycles. The summed E-state index contributed by atoms with van der Waals surface area (Å²) in [4.78, 5) is 26.2. The molecule has 0 saturated carbocycles. The van der Waals surface area contributed by atoms with Crippen LogP contribution >= 0.6 is 0 Å². The Kier molecular flexibility index (Phi) is 6.45. The molecule has 1 amide bonds. The lowest BCUT2D eigenvalue weighted by molar-refractivity contribution is -0.157. The van der Waals surface area contributed by atoms with Gasteiger partial charge in [0, 0.05) is 18.9 Å². The van der Waals surface area contributed by atoms with Crippen molar-refractivity contribution in [3.8, 4) is 5.75 Å². The van der Waals surface area contributed by atoms with Crippen LogP contribution in [0.1, 0.15) is 45.6 Å². The molecule has 0 spiro atoms. The largest absolute Gasteiger partial charge is 0.493 e. The van der Waals surface area contributed by atoms with Crippen molar-refractivity contribution in [2.75, 3.05) is 19.8 Å². The van der Waals surface area contributed by atoms with Crippen molar-refractivity contribution < 1.29 is 19.1 Å². The molecule has 3 rings (SSSR count). The van der Waals surface area contributed by atoms with Crippen molar-refractivity contribution in [3.63, 3.8) is 0 Å². The highest BCUT2D eigenvalue weighted by atomic mass is 16.5. The zero-order chi connectivity index (χ0) is 18.4. The van der Waals surface area contributed by atoms with E-state index in [1.54, 1.807) is 11.8 Å². The first kappa shape index (κ1) is 19.3. The minimum Gasteiger partial charge on any atom is -0.493 e. The predicted octanol–water partition coefficient (Wildman–Crippen LogP) is 3.34. The van der Waals surface area contributed by atoms with Crippen molar-refractivity contribution in [3.05, 3.63) is 29.8 Å². The van der Waals surface area contributed by atoms with Crippen LogP contribution in [0, 0.1) is 12.8 Å². The van der Waals surface area contributed by atoms with Crippen molar-refractivity contribution in [1.82, 2.24) is 4.90 Å². The molecule has 2 fully saturated rings. The van der Waals surface area contributed by atoms with E-state index in [1.807, 2.05) is 45.0 Å². The van der Waals surface area contributed by atoms with Crippen LogP contribution in [0.3, 0.4) is 0 Å². The van der Waals surface area contributed by atoms with Crippen LogP contribution < -0.4 is 4.74 Å². The van der Waals surface area contributed by atoms with Gasteiger partial charge in [0.25, 0.3) is 0 Å².